The van der Waals surface area contributed by atoms with E-state index < -0.39 is 12.0 Å². The van der Waals surface area contributed by atoms with Gasteiger partial charge in [0.25, 0.3) is 0 Å². The molecule has 0 spiro atoms. The zero-order valence-corrected chi connectivity index (χ0v) is 27.2. The molecule has 0 aromatic heterocycles. The Morgan fingerprint density at radius 3 is 2.24 bits per heavy atom. The van der Waals surface area contributed by atoms with Gasteiger partial charge in [-0.1, -0.05) is 98.3 Å². The van der Waals surface area contributed by atoms with Gasteiger partial charge in [-0.3, -0.25) is 9.59 Å². The first-order valence-corrected chi connectivity index (χ1v) is 15.8. The van der Waals surface area contributed by atoms with E-state index in [2.05, 4.69) is 44.3 Å². The zero-order chi connectivity index (χ0) is 32.9. The maximum Gasteiger partial charge on any atom is 0.328 e. The molecule has 1 amide bonds. The Morgan fingerprint density at radius 1 is 0.826 bits per heavy atom. The van der Waals surface area contributed by atoms with E-state index in [-0.39, 0.29) is 11.7 Å². The summed E-state index contributed by atoms with van der Waals surface area (Å²) >= 11 is 0. The summed E-state index contributed by atoms with van der Waals surface area (Å²) in [6.45, 7) is 7.84. The van der Waals surface area contributed by atoms with Gasteiger partial charge in [-0.15, -0.1) is 0 Å². The highest BCUT2D eigenvalue weighted by Gasteiger charge is 2.23. The number of benzene rings is 4. The molecule has 1 atom stereocenters. The molecule has 1 N–H and O–H groups in total. The predicted octanol–water partition coefficient (Wildman–Crippen LogP) is 7.27. The first-order valence-electron chi connectivity index (χ1n) is 15.8. The summed E-state index contributed by atoms with van der Waals surface area (Å²) in [5.41, 5.74) is 4.83. The molecule has 0 aliphatic carbocycles. The number of ketones is 1. The van der Waals surface area contributed by atoms with E-state index in [4.69, 9.17) is 9.47 Å². The van der Waals surface area contributed by atoms with Crippen molar-refractivity contribution in [3.05, 3.63) is 131 Å². The minimum absolute atomic E-state index is 0.128. The number of para-hydroxylation sites is 1. The first kappa shape index (κ1) is 34.0. The fourth-order valence-corrected chi connectivity index (χ4v) is 5.28. The molecular formula is C39H44N2O5. The minimum atomic E-state index is -0.704. The van der Waals surface area contributed by atoms with Gasteiger partial charge in [0.1, 0.15) is 11.8 Å². The highest BCUT2D eigenvalue weighted by molar-refractivity contribution is 6.12. The Labute approximate surface area is 272 Å². The Hall–Kier alpha value is -4.91. The number of anilines is 1. The van der Waals surface area contributed by atoms with E-state index >= 15 is 0 Å². The summed E-state index contributed by atoms with van der Waals surface area (Å²) in [7, 11) is 1.35. The normalized spacial score (nSPS) is 11.5. The summed E-state index contributed by atoms with van der Waals surface area (Å²) < 4.78 is 11.1. The Morgan fingerprint density at radius 2 is 1.54 bits per heavy atom. The number of aryl methyl sites for hydroxylation is 1. The third-order valence-electron chi connectivity index (χ3n) is 7.62. The molecule has 0 unspecified atom stereocenters. The lowest BCUT2D eigenvalue weighted by molar-refractivity contribution is -0.141. The lowest BCUT2D eigenvalue weighted by atomic mass is 10.00. The molecule has 4 rings (SSSR count). The number of hydrogen-bond donors (Lipinski definition) is 1. The molecule has 46 heavy (non-hydrogen) atoms. The van der Waals surface area contributed by atoms with E-state index in [0.717, 1.165) is 11.1 Å². The molecule has 0 heterocycles. The van der Waals surface area contributed by atoms with E-state index in [1.165, 1.54) is 12.7 Å². The average molecular weight is 621 g/mol. The average Bonchev–Trinajstić information content (AvgIpc) is 3.06. The monoisotopic (exact) mass is 620 g/mol. The second kappa shape index (κ2) is 17.0. The molecule has 0 aliphatic heterocycles. The molecule has 4 aromatic carbocycles. The number of hydrogen-bond acceptors (Lipinski definition) is 6. The van der Waals surface area contributed by atoms with Crippen molar-refractivity contribution in [1.82, 2.24) is 4.90 Å². The van der Waals surface area contributed by atoms with Crippen molar-refractivity contribution in [1.29, 1.82) is 0 Å². The highest BCUT2D eigenvalue weighted by atomic mass is 16.5. The largest absolute Gasteiger partial charge is 0.494 e. The summed E-state index contributed by atoms with van der Waals surface area (Å²) in [5.74, 6) is 0.606. The van der Waals surface area contributed by atoms with Crippen LogP contribution in [0.5, 0.6) is 5.75 Å². The Kier molecular flexibility index (Phi) is 12.5. The van der Waals surface area contributed by atoms with Crippen LogP contribution in [0.25, 0.3) is 0 Å². The minimum Gasteiger partial charge on any atom is -0.494 e. The maximum atomic E-state index is 13.2. The van der Waals surface area contributed by atoms with Gasteiger partial charge in [-0.25, -0.2) is 4.79 Å². The van der Waals surface area contributed by atoms with Crippen LogP contribution in [0.1, 0.15) is 59.3 Å². The molecule has 0 radical (unpaired) electrons. The number of amides is 1. The smallest absolute Gasteiger partial charge is 0.328 e. The van der Waals surface area contributed by atoms with Crippen LogP contribution in [0.4, 0.5) is 5.69 Å². The quantitative estimate of drug-likeness (QED) is 0.0806. The van der Waals surface area contributed by atoms with Crippen molar-refractivity contribution in [2.24, 2.45) is 5.92 Å². The number of nitrogens with zero attached hydrogens (tertiary/aromatic N) is 1. The van der Waals surface area contributed by atoms with Gasteiger partial charge in [0.15, 0.2) is 5.78 Å². The van der Waals surface area contributed by atoms with E-state index in [1.54, 1.807) is 30.3 Å². The van der Waals surface area contributed by atoms with Crippen molar-refractivity contribution >= 4 is 23.3 Å². The lowest BCUT2D eigenvalue weighted by Gasteiger charge is -2.24. The van der Waals surface area contributed by atoms with Crippen molar-refractivity contribution in [2.45, 2.75) is 52.6 Å². The zero-order valence-electron chi connectivity index (χ0n) is 27.2. The molecule has 0 saturated carbocycles. The lowest BCUT2D eigenvalue weighted by Crippen LogP contribution is -2.33. The van der Waals surface area contributed by atoms with Gasteiger partial charge in [-0.05, 0) is 54.7 Å². The number of carbonyl (C=O) groups is 3. The third kappa shape index (κ3) is 10.1. The fourth-order valence-electron chi connectivity index (χ4n) is 5.28. The van der Waals surface area contributed by atoms with Crippen LogP contribution in [-0.2, 0) is 27.3 Å². The molecule has 7 heteroatoms. The summed E-state index contributed by atoms with van der Waals surface area (Å²) in [6.07, 6.45) is 1.57. The van der Waals surface area contributed by atoms with E-state index in [0.29, 0.717) is 67.4 Å². The van der Waals surface area contributed by atoms with E-state index in [9.17, 15) is 14.4 Å². The van der Waals surface area contributed by atoms with Crippen LogP contribution in [-0.4, -0.2) is 48.9 Å². The first-order chi connectivity index (χ1) is 22.2. The second-order valence-corrected chi connectivity index (χ2v) is 11.9. The molecule has 240 valence electrons. The standard InChI is InChI=1S/C39H44N2O5/c1-28(2)24-37(42)41(27-31-13-10-12-29(3)25-31)22-11-23-46-33-20-18-30(19-21-33)26-36(39(44)45-4)40-35-17-9-8-16-34(35)38(43)32-14-6-5-7-15-32/h5-10,12-21,25,28,36,40H,11,22-24,26-27H2,1-4H3/t36-/m0/s1. The number of methoxy groups -OCH3 is 1. The summed E-state index contributed by atoms with van der Waals surface area (Å²) in [6, 6.07) is 31.4. The van der Waals surface area contributed by atoms with Gasteiger partial charge in [0.2, 0.25) is 5.91 Å². The van der Waals surface area contributed by atoms with Crippen molar-refractivity contribution in [3.63, 3.8) is 0 Å². The van der Waals surface area contributed by atoms with Gasteiger partial charge in [0.05, 0.1) is 13.7 Å². The van der Waals surface area contributed by atoms with E-state index in [1.807, 2.05) is 59.5 Å². The number of ether oxygens (including phenoxy) is 2. The summed E-state index contributed by atoms with van der Waals surface area (Å²) in [4.78, 5) is 40.9. The van der Waals surface area contributed by atoms with Crippen LogP contribution in [0, 0.1) is 12.8 Å². The Balaban J connectivity index is 1.35. The van der Waals surface area contributed by atoms with Crippen LogP contribution < -0.4 is 10.1 Å². The number of esters is 1. The molecule has 0 saturated heterocycles. The number of carbonyl (C=O) groups excluding carboxylic acids is 3. The Bertz CT molecular complexity index is 1580. The van der Waals surface area contributed by atoms with Gasteiger partial charge < -0.3 is 19.7 Å². The van der Waals surface area contributed by atoms with Crippen LogP contribution in [0.3, 0.4) is 0 Å². The number of nitrogens with one attached hydrogen (secondary N) is 1. The third-order valence-corrected chi connectivity index (χ3v) is 7.62. The van der Waals surface area contributed by atoms with Gasteiger partial charge >= 0.3 is 5.97 Å². The van der Waals surface area contributed by atoms with Crippen LogP contribution in [0.2, 0.25) is 0 Å². The molecule has 0 fully saturated rings. The topological polar surface area (TPSA) is 84.9 Å². The van der Waals surface area contributed by atoms with Gasteiger partial charge in [0, 0.05) is 42.7 Å². The maximum absolute atomic E-state index is 13.2. The van der Waals surface area contributed by atoms with Crippen LogP contribution >= 0.6 is 0 Å². The predicted molar refractivity (Wildman–Crippen MR) is 182 cm³/mol. The summed E-state index contributed by atoms with van der Waals surface area (Å²) in [5, 5.41) is 3.25. The molecular weight excluding hydrogens is 576 g/mol. The number of rotatable bonds is 16. The van der Waals surface area contributed by atoms with Crippen molar-refractivity contribution in [3.8, 4) is 5.75 Å². The fraction of sp³-hybridized carbons (Fsp3) is 0.308. The van der Waals surface area contributed by atoms with Crippen LogP contribution in [0.15, 0.2) is 103 Å². The SMILES string of the molecule is COC(=O)[C@H](Cc1ccc(OCCCN(Cc2cccc(C)c2)C(=O)CC(C)C)cc1)Nc1ccccc1C(=O)c1ccccc1. The highest BCUT2D eigenvalue weighted by Crippen LogP contribution is 2.22. The van der Waals surface area contributed by atoms with Gasteiger partial charge in [-0.2, -0.15) is 0 Å². The van der Waals surface area contributed by atoms with Crippen molar-refractivity contribution in [2.75, 3.05) is 25.6 Å². The molecule has 7 nitrogen and oxygen atoms in total. The molecule has 0 bridgehead atoms. The molecule has 4 aromatic rings. The molecule has 0 aliphatic rings. The van der Waals surface area contributed by atoms with Crippen molar-refractivity contribution < 1.29 is 23.9 Å². The second-order valence-electron chi connectivity index (χ2n) is 11.9.